The van der Waals surface area contributed by atoms with Crippen LogP contribution in [-0.4, -0.2) is 38.9 Å². The molecule has 0 aliphatic heterocycles. The molecule has 2 aromatic heterocycles. The third-order valence-corrected chi connectivity index (χ3v) is 2.25. The second kappa shape index (κ2) is 5.35. The molecule has 0 aromatic carbocycles. The van der Waals surface area contributed by atoms with Crippen molar-refractivity contribution < 1.29 is 4.79 Å². The number of hydrogen-bond donors (Lipinski definition) is 3. The SMILES string of the molecule is CCNCCC(=O)Nc1ncnc2[nH]cnc12. The number of nitrogens with zero attached hydrogens (tertiary/aromatic N) is 3. The number of amides is 1. The number of carbonyl (C=O) groups is 1. The van der Waals surface area contributed by atoms with Crippen LogP contribution in [0.3, 0.4) is 0 Å². The van der Waals surface area contributed by atoms with Crippen LogP contribution in [0.25, 0.3) is 11.2 Å². The molecule has 7 heteroatoms. The first-order chi connectivity index (χ1) is 8.31. The van der Waals surface area contributed by atoms with E-state index in [0.29, 0.717) is 29.9 Å². The summed E-state index contributed by atoms with van der Waals surface area (Å²) in [7, 11) is 0. The van der Waals surface area contributed by atoms with Gasteiger partial charge in [-0.05, 0) is 6.54 Å². The van der Waals surface area contributed by atoms with Crippen molar-refractivity contribution in [1.82, 2.24) is 25.3 Å². The second-order valence-electron chi connectivity index (χ2n) is 3.47. The molecular formula is C10H14N6O. The molecule has 2 aromatic rings. The van der Waals surface area contributed by atoms with Gasteiger partial charge in [0.25, 0.3) is 0 Å². The monoisotopic (exact) mass is 234 g/mol. The Morgan fingerprint density at radius 3 is 3.12 bits per heavy atom. The van der Waals surface area contributed by atoms with Gasteiger partial charge in [0.2, 0.25) is 5.91 Å². The van der Waals surface area contributed by atoms with Crippen molar-refractivity contribution >= 4 is 22.9 Å². The Kier molecular flexibility index (Phi) is 3.61. The predicted octanol–water partition coefficient (Wildman–Crippen LogP) is 0.291. The Hall–Kier alpha value is -2.02. The van der Waals surface area contributed by atoms with Crippen molar-refractivity contribution in [2.75, 3.05) is 18.4 Å². The number of nitrogens with one attached hydrogen (secondary N) is 3. The molecule has 0 saturated carbocycles. The Labute approximate surface area is 98.1 Å². The third-order valence-electron chi connectivity index (χ3n) is 2.25. The molecule has 0 radical (unpaired) electrons. The van der Waals surface area contributed by atoms with Gasteiger partial charge in [-0.15, -0.1) is 0 Å². The topological polar surface area (TPSA) is 95.6 Å². The van der Waals surface area contributed by atoms with Crippen molar-refractivity contribution in [2.45, 2.75) is 13.3 Å². The fourth-order valence-corrected chi connectivity index (χ4v) is 1.43. The van der Waals surface area contributed by atoms with Crippen LogP contribution < -0.4 is 10.6 Å². The fraction of sp³-hybridized carbons (Fsp3) is 0.400. The summed E-state index contributed by atoms with van der Waals surface area (Å²) < 4.78 is 0. The first-order valence-corrected chi connectivity index (χ1v) is 5.46. The summed E-state index contributed by atoms with van der Waals surface area (Å²) in [6.45, 7) is 3.50. The molecule has 0 bridgehead atoms. The van der Waals surface area contributed by atoms with Gasteiger partial charge in [-0.25, -0.2) is 15.0 Å². The number of imidazole rings is 1. The number of hydrogen-bond acceptors (Lipinski definition) is 5. The lowest BCUT2D eigenvalue weighted by atomic mass is 10.4. The highest BCUT2D eigenvalue weighted by Crippen LogP contribution is 2.14. The minimum Gasteiger partial charge on any atom is -0.329 e. The molecular weight excluding hydrogens is 220 g/mol. The minimum absolute atomic E-state index is 0.0889. The van der Waals surface area contributed by atoms with Gasteiger partial charge in [0, 0.05) is 13.0 Å². The van der Waals surface area contributed by atoms with Crippen molar-refractivity contribution in [3.05, 3.63) is 12.7 Å². The highest BCUT2D eigenvalue weighted by molar-refractivity contribution is 5.96. The maximum Gasteiger partial charge on any atom is 0.226 e. The molecule has 3 N–H and O–H groups in total. The van der Waals surface area contributed by atoms with Crippen LogP contribution in [0, 0.1) is 0 Å². The van der Waals surface area contributed by atoms with E-state index in [1.54, 1.807) is 0 Å². The van der Waals surface area contributed by atoms with E-state index in [4.69, 9.17) is 0 Å². The van der Waals surface area contributed by atoms with E-state index in [1.165, 1.54) is 12.7 Å². The number of aromatic amines is 1. The zero-order chi connectivity index (χ0) is 12.1. The maximum atomic E-state index is 11.6. The van der Waals surface area contributed by atoms with Gasteiger partial charge in [0.1, 0.15) is 6.33 Å². The van der Waals surface area contributed by atoms with Crippen LogP contribution >= 0.6 is 0 Å². The van der Waals surface area contributed by atoms with Crippen molar-refractivity contribution in [2.24, 2.45) is 0 Å². The van der Waals surface area contributed by atoms with E-state index < -0.39 is 0 Å². The molecule has 90 valence electrons. The smallest absolute Gasteiger partial charge is 0.226 e. The lowest BCUT2D eigenvalue weighted by molar-refractivity contribution is -0.116. The Morgan fingerprint density at radius 1 is 1.41 bits per heavy atom. The Morgan fingerprint density at radius 2 is 2.29 bits per heavy atom. The van der Waals surface area contributed by atoms with Gasteiger partial charge < -0.3 is 15.6 Å². The highest BCUT2D eigenvalue weighted by atomic mass is 16.1. The average molecular weight is 234 g/mol. The number of fused-ring (bicyclic) bond motifs is 1. The third kappa shape index (κ3) is 2.76. The van der Waals surface area contributed by atoms with Crippen molar-refractivity contribution in [3.63, 3.8) is 0 Å². The molecule has 0 unspecified atom stereocenters. The van der Waals surface area contributed by atoms with Crippen molar-refractivity contribution in [3.8, 4) is 0 Å². The zero-order valence-corrected chi connectivity index (χ0v) is 9.53. The van der Waals surface area contributed by atoms with E-state index in [-0.39, 0.29) is 5.91 Å². The van der Waals surface area contributed by atoms with E-state index in [2.05, 4.69) is 30.6 Å². The lowest BCUT2D eigenvalue weighted by Crippen LogP contribution is -2.21. The number of rotatable bonds is 5. The van der Waals surface area contributed by atoms with Crippen LogP contribution in [0.2, 0.25) is 0 Å². The standard InChI is InChI=1S/C10H14N6O/c1-2-11-4-3-7(17)16-10-8-9(13-5-12-8)14-6-15-10/h5-6,11H,2-4H2,1H3,(H2,12,13,14,15,16,17). The summed E-state index contributed by atoms with van der Waals surface area (Å²) in [6, 6.07) is 0. The molecule has 0 spiro atoms. The molecule has 7 nitrogen and oxygen atoms in total. The summed E-state index contributed by atoms with van der Waals surface area (Å²) in [5.41, 5.74) is 1.19. The molecule has 0 saturated heterocycles. The molecule has 17 heavy (non-hydrogen) atoms. The van der Waals surface area contributed by atoms with Gasteiger partial charge in [-0.2, -0.15) is 0 Å². The van der Waals surface area contributed by atoms with Crippen LogP contribution in [0.15, 0.2) is 12.7 Å². The molecule has 0 aliphatic carbocycles. The molecule has 0 aliphatic rings. The first-order valence-electron chi connectivity index (χ1n) is 5.46. The second-order valence-corrected chi connectivity index (χ2v) is 3.47. The normalized spacial score (nSPS) is 10.6. The summed E-state index contributed by atoms with van der Waals surface area (Å²) in [4.78, 5) is 26.5. The van der Waals surface area contributed by atoms with Gasteiger partial charge in [-0.3, -0.25) is 4.79 Å². The molecule has 0 fully saturated rings. The van der Waals surface area contributed by atoms with E-state index in [0.717, 1.165) is 6.54 Å². The molecule has 2 rings (SSSR count). The summed E-state index contributed by atoms with van der Waals surface area (Å²) in [6.07, 6.45) is 3.32. The van der Waals surface area contributed by atoms with Crippen LogP contribution in [-0.2, 0) is 4.79 Å². The molecule has 2 heterocycles. The predicted molar refractivity (Wildman–Crippen MR) is 63.5 cm³/mol. The number of anilines is 1. The van der Waals surface area contributed by atoms with E-state index >= 15 is 0 Å². The zero-order valence-electron chi connectivity index (χ0n) is 9.53. The van der Waals surface area contributed by atoms with Gasteiger partial charge in [0.05, 0.1) is 6.33 Å². The van der Waals surface area contributed by atoms with Crippen molar-refractivity contribution in [1.29, 1.82) is 0 Å². The lowest BCUT2D eigenvalue weighted by Gasteiger charge is -2.04. The van der Waals surface area contributed by atoms with Crippen LogP contribution in [0.5, 0.6) is 0 Å². The first kappa shape index (κ1) is 11.5. The quantitative estimate of drug-likeness (QED) is 0.646. The summed E-state index contributed by atoms with van der Waals surface area (Å²) in [5, 5.41) is 5.80. The van der Waals surface area contributed by atoms with Crippen LogP contribution in [0.4, 0.5) is 5.82 Å². The molecule has 1 amide bonds. The summed E-state index contributed by atoms with van der Waals surface area (Å²) >= 11 is 0. The summed E-state index contributed by atoms with van der Waals surface area (Å²) in [5.74, 6) is 0.353. The van der Waals surface area contributed by atoms with Gasteiger partial charge >= 0.3 is 0 Å². The Bertz CT molecular complexity index is 508. The minimum atomic E-state index is -0.0889. The average Bonchev–Trinajstić information content (AvgIpc) is 2.78. The number of H-pyrrole nitrogens is 1. The maximum absolute atomic E-state index is 11.6. The van der Waals surface area contributed by atoms with E-state index in [1.807, 2.05) is 6.92 Å². The number of aromatic nitrogens is 4. The fourth-order valence-electron chi connectivity index (χ4n) is 1.43. The van der Waals surface area contributed by atoms with Gasteiger partial charge in [-0.1, -0.05) is 6.92 Å². The molecule has 0 atom stereocenters. The van der Waals surface area contributed by atoms with Gasteiger partial charge in [0.15, 0.2) is 17.0 Å². The Balaban J connectivity index is 2.03. The van der Waals surface area contributed by atoms with E-state index in [9.17, 15) is 4.79 Å². The highest BCUT2D eigenvalue weighted by Gasteiger charge is 2.08. The van der Waals surface area contributed by atoms with Crippen LogP contribution in [0.1, 0.15) is 13.3 Å². The largest absolute Gasteiger partial charge is 0.329 e. The number of carbonyl (C=O) groups excluding carboxylic acids is 1.